The molecule has 1 aromatic carbocycles. The van der Waals surface area contributed by atoms with E-state index in [9.17, 15) is 14.9 Å². The van der Waals surface area contributed by atoms with Gasteiger partial charge in [0.15, 0.2) is 5.82 Å². The predicted molar refractivity (Wildman–Crippen MR) is 100 cm³/mol. The third-order valence-electron chi connectivity index (χ3n) is 4.94. The molecule has 0 bridgehead atoms. The summed E-state index contributed by atoms with van der Waals surface area (Å²) in [6.45, 7) is 5.14. The number of benzene rings is 1. The molecule has 2 aromatic rings. The summed E-state index contributed by atoms with van der Waals surface area (Å²) < 4.78 is 4.94. The summed E-state index contributed by atoms with van der Waals surface area (Å²) in [6.07, 6.45) is 1.43. The highest BCUT2D eigenvalue weighted by molar-refractivity contribution is 5.78. The van der Waals surface area contributed by atoms with Crippen LogP contribution in [0.4, 0.5) is 11.5 Å². The van der Waals surface area contributed by atoms with E-state index in [-0.39, 0.29) is 11.7 Å². The molecular weight excluding hydrogens is 348 g/mol. The normalized spacial score (nSPS) is 19.1. The maximum Gasteiger partial charge on any atom is 0.313 e. The van der Waals surface area contributed by atoms with Crippen LogP contribution in [0.25, 0.3) is 11.4 Å². The third-order valence-corrected chi connectivity index (χ3v) is 4.94. The van der Waals surface area contributed by atoms with Gasteiger partial charge in [-0.05, 0) is 31.9 Å². The number of aryl methyl sites for hydroxylation is 1. The molecule has 27 heavy (non-hydrogen) atoms. The molecule has 0 radical (unpaired) electrons. The average molecular weight is 370 g/mol. The van der Waals surface area contributed by atoms with Gasteiger partial charge in [-0.25, -0.2) is 9.97 Å². The van der Waals surface area contributed by atoms with Crippen LogP contribution in [-0.4, -0.2) is 41.1 Å². The van der Waals surface area contributed by atoms with Gasteiger partial charge in [0.1, 0.15) is 5.82 Å². The number of hydrogen-bond acceptors (Lipinski definition) is 7. The molecule has 0 N–H and O–H groups in total. The van der Waals surface area contributed by atoms with Gasteiger partial charge in [0, 0.05) is 42.5 Å². The van der Waals surface area contributed by atoms with Crippen LogP contribution in [0.1, 0.15) is 26.0 Å². The first-order chi connectivity index (χ1) is 12.9. The largest absolute Gasteiger partial charge is 0.469 e. The first-order valence-corrected chi connectivity index (χ1v) is 8.82. The Balaban J connectivity index is 1.93. The van der Waals surface area contributed by atoms with Gasteiger partial charge in [-0.3, -0.25) is 14.9 Å². The van der Waals surface area contributed by atoms with Crippen molar-refractivity contribution in [2.45, 2.75) is 26.7 Å². The number of esters is 1. The number of aromatic nitrogens is 2. The quantitative estimate of drug-likeness (QED) is 0.453. The predicted octanol–water partition coefficient (Wildman–Crippen LogP) is 3.00. The lowest BCUT2D eigenvalue weighted by Gasteiger charge is -2.23. The number of non-ortho nitro benzene ring substituents is 1. The Kier molecular flexibility index (Phi) is 5.07. The minimum atomic E-state index is -0.556. The fourth-order valence-corrected chi connectivity index (χ4v) is 3.26. The van der Waals surface area contributed by atoms with Crippen molar-refractivity contribution in [1.29, 1.82) is 0 Å². The number of carbonyl (C=O) groups excluding carboxylic acids is 1. The van der Waals surface area contributed by atoms with Crippen LogP contribution < -0.4 is 4.90 Å². The molecule has 0 spiro atoms. The molecule has 1 fully saturated rings. The molecule has 1 aliphatic heterocycles. The lowest BCUT2D eigenvalue weighted by molar-refractivity contribution is -0.384. The molecule has 0 aliphatic carbocycles. The van der Waals surface area contributed by atoms with Crippen LogP contribution in [0, 0.1) is 15.5 Å². The molecule has 3 rings (SSSR count). The SMILES string of the molecule is CCc1cc(N2CCC(C)(C(=O)OC)C2)nc(-c2ccc([N+](=O)[O-])cc2)n1. The molecule has 1 aromatic heterocycles. The van der Waals surface area contributed by atoms with Gasteiger partial charge in [0.25, 0.3) is 5.69 Å². The van der Waals surface area contributed by atoms with Crippen molar-refractivity contribution in [3.8, 4) is 11.4 Å². The number of methoxy groups -OCH3 is 1. The highest BCUT2D eigenvalue weighted by Crippen LogP contribution is 2.34. The minimum Gasteiger partial charge on any atom is -0.469 e. The second kappa shape index (κ2) is 7.30. The van der Waals surface area contributed by atoms with Gasteiger partial charge in [0.05, 0.1) is 17.4 Å². The molecule has 1 atom stereocenters. The van der Waals surface area contributed by atoms with Gasteiger partial charge in [-0.2, -0.15) is 0 Å². The summed E-state index contributed by atoms with van der Waals surface area (Å²) in [6, 6.07) is 8.12. The topological polar surface area (TPSA) is 98.5 Å². The highest BCUT2D eigenvalue weighted by Gasteiger charge is 2.42. The number of nitro groups is 1. The first-order valence-electron chi connectivity index (χ1n) is 8.82. The molecular formula is C19H22N4O4. The lowest BCUT2D eigenvalue weighted by atomic mass is 9.90. The maximum absolute atomic E-state index is 12.1. The molecule has 1 saturated heterocycles. The van der Waals surface area contributed by atoms with E-state index in [1.807, 2.05) is 19.9 Å². The molecule has 142 valence electrons. The van der Waals surface area contributed by atoms with Crippen LogP contribution in [-0.2, 0) is 16.0 Å². The van der Waals surface area contributed by atoms with Crippen molar-refractivity contribution in [3.05, 3.63) is 46.1 Å². The summed E-state index contributed by atoms with van der Waals surface area (Å²) >= 11 is 0. The number of nitrogens with zero attached hydrogens (tertiary/aromatic N) is 4. The van der Waals surface area contributed by atoms with Crippen molar-refractivity contribution >= 4 is 17.5 Å². The first kappa shape index (κ1) is 18.8. The molecule has 0 saturated carbocycles. The van der Waals surface area contributed by atoms with Crippen LogP contribution in [0.5, 0.6) is 0 Å². The Morgan fingerprint density at radius 3 is 2.63 bits per heavy atom. The smallest absolute Gasteiger partial charge is 0.313 e. The summed E-state index contributed by atoms with van der Waals surface area (Å²) in [5.41, 5.74) is 1.06. The zero-order valence-corrected chi connectivity index (χ0v) is 15.6. The van der Waals surface area contributed by atoms with Crippen LogP contribution in [0.3, 0.4) is 0 Å². The number of rotatable bonds is 5. The zero-order chi connectivity index (χ0) is 19.6. The van der Waals surface area contributed by atoms with Crippen molar-refractivity contribution in [3.63, 3.8) is 0 Å². The molecule has 1 unspecified atom stereocenters. The number of carbonyl (C=O) groups is 1. The number of hydrogen-bond donors (Lipinski definition) is 0. The fraction of sp³-hybridized carbons (Fsp3) is 0.421. The average Bonchev–Trinajstić information content (AvgIpc) is 3.10. The van der Waals surface area contributed by atoms with E-state index in [4.69, 9.17) is 4.74 Å². The van der Waals surface area contributed by atoms with Crippen LogP contribution in [0.2, 0.25) is 0 Å². The van der Waals surface area contributed by atoms with Crippen LogP contribution >= 0.6 is 0 Å². The molecule has 8 heteroatoms. The summed E-state index contributed by atoms with van der Waals surface area (Å²) in [4.78, 5) is 33.8. The Bertz CT molecular complexity index is 869. The van der Waals surface area contributed by atoms with Crippen LogP contribution in [0.15, 0.2) is 30.3 Å². The van der Waals surface area contributed by atoms with Gasteiger partial charge < -0.3 is 9.64 Å². The monoisotopic (exact) mass is 370 g/mol. The molecule has 8 nitrogen and oxygen atoms in total. The molecule has 2 heterocycles. The highest BCUT2D eigenvalue weighted by atomic mass is 16.6. The Hall–Kier alpha value is -3.03. The minimum absolute atomic E-state index is 0.0269. The third kappa shape index (κ3) is 3.74. The van der Waals surface area contributed by atoms with E-state index in [1.54, 1.807) is 12.1 Å². The zero-order valence-electron chi connectivity index (χ0n) is 15.6. The Morgan fingerprint density at radius 2 is 2.04 bits per heavy atom. The van der Waals surface area contributed by atoms with E-state index in [0.717, 1.165) is 17.9 Å². The van der Waals surface area contributed by atoms with Crippen molar-refractivity contribution in [2.75, 3.05) is 25.1 Å². The fourth-order valence-electron chi connectivity index (χ4n) is 3.26. The molecule has 0 amide bonds. The van der Waals surface area contributed by atoms with E-state index in [0.29, 0.717) is 30.9 Å². The second-order valence-corrected chi connectivity index (χ2v) is 6.92. The van der Waals surface area contributed by atoms with E-state index in [1.165, 1.54) is 19.2 Å². The van der Waals surface area contributed by atoms with E-state index in [2.05, 4.69) is 14.9 Å². The summed E-state index contributed by atoms with van der Waals surface area (Å²) in [7, 11) is 1.41. The van der Waals surface area contributed by atoms with Gasteiger partial charge in [-0.15, -0.1) is 0 Å². The second-order valence-electron chi connectivity index (χ2n) is 6.92. The van der Waals surface area contributed by atoms with Crippen molar-refractivity contribution in [1.82, 2.24) is 9.97 Å². The maximum atomic E-state index is 12.1. The summed E-state index contributed by atoms with van der Waals surface area (Å²) in [5.74, 6) is 1.05. The molecule has 1 aliphatic rings. The Labute approximate surface area is 157 Å². The van der Waals surface area contributed by atoms with Gasteiger partial charge in [0.2, 0.25) is 0 Å². The standard InChI is InChI=1S/C19H22N4O4/c1-4-14-11-16(22-10-9-19(2,12-22)18(24)27-3)21-17(20-14)13-5-7-15(8-6-13)23(25)26/h5-8,11H,4,9-10,12H2,1-3H3. The lowest BCUT2D eigenvalue weighted by Crippen LogP contribution is -2.33. The summed E-state index contributed by atoms with van der Waals surface area (Å²) in [5, 5.41) is 10.8. The van der Waals surface area contributed by atoms with Gasteiger partial charge >= 0.3 is 5.97 Å². The van der Waals surface area contributed by atoms with Crippen molar-refractivity contribution in [2.24, 2.45) is 5.41 Å². The Morgan fingerprint density at radius 1 is 1.33 bits per heavy atom. The number of nitro benzene ring substituents is 1. The number of ether oxygens (including phenoxy) is 1. The van der Waals surface area contributed by atoms with E-state index < -0.39 is 10.3 Å². The van der Waals surface area contributed by atoms with E-state index >= 15 is 0 Å². The number of anilines is 1. The van der Waals surface area contributed by atoms with Gasteiger partial charge in [-0.1, -0.05) is 6.92 Å². The van der Waals surface area contributed by atoms with Crippen molar-refractivity contribution < 1.29 is 14.5 Å².